The van der Waals surface area contributed by atoms with Crippen molar-refractivity contribution in [3.8, 4) is 11.1 Å². The number of ether oxygens (including phenoxy) is 1. The summed E-state index contributed by atoms with van der Waals surface area (Å²) in [6.07, 6.45) is 3.31. The lowest BCUT2D eigenvalue weighted by Gasteiger charge is -2.23. The third kappa shape index (κ3) is 6.32. The van der Waals surface area contributed by atoms with Crippen molar-refractivity contribution in [3.05, 3.63) is 52.9 Å². The van der Waals surface area contributed by atoms with E-state index in [1.165, 1.54) is 6.07 Å². The van der Waals surface area contributed by atoms with E-state index in [1.54, 1.807) is 19.3 Å². The molecule has 8 heteroatoms. The van der Waals surface area contributed by atoms with Gasteiger partial charge in [0.05, 0.1) is 25.1 Å². The number of esters is 1. The van der Waals surface area contributed by atoms with Crippen LogP contribution in [-0.2, 0) is 14.3 Å². The van der Waals surface area contributed by atoms with Gasteiger partial charge < -0.3 is 15.8 Å². The first-order chi connectivity index (χ1) is 15.0. The zero-order valence-corrected chi connectivity index (χ0v) is 19.2. The second-order valence-corrected chi connectivity index (χ2v) is 8.32. The van der Waals surface area contributed by atoms with Crippen molar-refractivity contribution in [3.63, 3.8) is 0 Å². The first-order valence-corrected chi connectivity index (χ1v) is 10.7. The average molecular weight is 448 g/mol. The number of aromatic nitrogens is 1. The number of halogens is 2. The van der Waals surface area contributed by atoms with Crippen LogP contribution in [0.5, 0.6) is 0 Å². The highest BCUT2D eigenvalue weighted by Gasteiger charge is 2.27. The molecule has 0 unspecified atom stereocenters. The van der Waals surface area contributed by atoms with Crippen LogP contribution in [0.1, 0.15) is 56.3 Å². The molecule has 6 nitrogen and oxygen atoms in total. The number of aryl methyl sites for hydroxylation is 2. The second kappa shape index (κ2) is 11.1. The highest BCUT2D eigenvalue weighted by atomic mass is 19.2. The van der Waals surface area contributed by atoms with Crippen LogP contribution in [0.4, 0.5) is 8.78 Å². The van der Waals surface area contributed by atoms with Crippen molar-refractivity contribution in [1.29, 1.82) is 0 Å². The van der Waals surface area contributed by atoms with Gasteiger partial charge in [0.2, 0.25) is 5.91 Å². The lowest BCUT2D eigenvalue weighted by Crippen LogP contribution is -2.43. The van der Waals surface area contributed by atoms with E-state index in [2.05, 4.69) is 10.3 Å². The first-order valence-electron chi connectivity index (χ1n) is 10.7. The van der Waals surface area contributed by atoms with Crippen LogP contribution in [0.2, 0.25) is 0 Å². The van der Waals surface area contributed by atoms with Crippen LogP contribution < -0.4 is 11.1 Å². The number of hydrogen-bond acceptors (Lipinski definition) is 5. The summed E-state index contributed by atoms with van der Waals surface area (Å²) in [6, 6.07) is 0.561. The topological polar surface area (TPSA) is 94.3 Å². The molecule has 1 aromatic carbocycles. The van der Waals surface area contributed by atoms with Crippen LogP contribution in [0.15, 0.2) is 24.5 Å². The zero-order valence-electron chi connectivity index (χ0n) is 19.2. The summed E-state index contributed by atoms with van der Waals surface area (Å²) < 4.78 is 34.6. The van der Waals surface area contributed by atoms with Crippen molar-refractivity contribution < 1.29 is 23.1 Å². The van der Waals surface area contributed by atoms with Crippen molar-refractivity contribution in [1.82, 2.24) is 10.3 Å². The molecule has 0 radical (unpaired) electrons. The number of nitrogens with two attached hydrogens (primary N) is 1. The number of rotatable bonds is 9. The molecule has 0 aliphatic heterocycles. The molecule has 2 atom stereocenters. The van der Waals surface area contributed by atoms with Gasteiger partial charge in [-0.25, -0.2) is 8.78 Å². The predicted octanol–water partition coefficient (Wildman–Crippen LogP) is 4.13. The maximum absolute atomic E-state index is 14.9. The van der Waals surface area contributed by atoms with Gasteiger partial charge in [-0.2, -0.15) is 0 Å². The molecule has 0 bridgehead atoms. The average Bonchev–Trinajstić information content (AvgIpc) is 2.69. The van der Waals surface area contributed by atoms with Crippen molar-refractivity contribution in [2.75, 3.05) is 6.61 Å². The Kier molecular flexibility index (Phi) is 8.83. The van der Waals surface area contributed by atoms with E-state index in [9.17, 15) is 18.4 Å². The molecule has 1 heterocycles. The summed E-state index contributed by atoms with van der Waals surface area (Å²) >= 11 is 0. The molecule has 3 N–H and O–H groups in total. The Morgan fingerprint density at radius 3 is 2.34 bits per heavy atom. The predicted molar refractivity (Wildman–Crippen MR) is 119 cm³/mol. The SMILES string of the molecule is CCOC(=O)C[C@H](NC(=O)[C@@H](N)CC(C)C)c1cc(-c2c(C)cncc2C)cc(F)c1F. The van der Waals surface area contributed by atoms with Crippen LogP contribution in [0.3, 0.4) is 0 Å². The largest absolute Gasteiger partial charge is 0.466 e. The summed E-state index contributed by atoms with van der Waals surface area (Å²) in [5, 5.41) is 2.62. The summed E-state index contributed by atoms with van der Waals surface area (Å²) in [7, 11) is 0. The normalized spacial score (nSPS) is 13.0. The van der Waals surface area contributed by atoms with Gasteiger partial charge in [0.25, 0.3) is 0 Å². The summed E-state index contributed by atoms with van der Waals surface area (Å²) in [6.45, 7) is 9.24. The van der Waals surface area contributed by atoms with Gasteiger partial charge in [-0.1, -0.05) is 13.8 Å². The van der Waals surface area contributed by atoms with Gasteiger partial charge in [0.1, 0.15) is 0 Å². The van der Waals surface area contributed by atoms with Crippen LogP contribution in [0.25, 0.3) is 11.1 Å². The van der Waals surface area contributed by atoms with Gasteiger partial charge in [-0.3, -0.25) is 14.6 Å². The third-order valence-electron chi connectivity index (χ3n) is 5.10. The molecule has 0 aliphatic carbocycles. The summed E-state index contributed by atoms with van der Waals surface area (Å²) in [5.74, 6) is -3.24. The van der Waals surface area contributed by atoms with Crippen LogP contribution in [-0.4, -0.2) is 29.5 Å². The van der Waals surface area contributed by atoms with Crippen molar-refractivity contribution in [2.45, 2.75) is 59.5 Å². The Hall–Kier alpha value is -2.87. The fourth-order valence-corrected chi connectivity index (χ4v) is 3.68. The maximum atomic E-state index is 14.9. The minimum atomic E-state index is -1.14. The highest BCUT2D eigenvalue weighted by molar-refractivity contribution is 5.83. The number of nitrogens with one attached hydrogen (secondary N) is 1. The minimum absolute atomic E-state index is 0.124. The Morgan fingerprint density at radius 1 is 1.16 bits per heavy atom. The quantitative estimate of drug-likeness (QED) is 0.564. The lowest BCUT2D eigenvalue weighted by molar-refractivity contribution is -0.143. The Balaban J connectivity index is 2.53. The van der Waals surface area contributed by atoms with Gasteiger partial charge in [0, 0.05) is 18.0 Å². The summed E-state index contributed by atoms with van der Waals surface area (Å²) in [5.41, 5.74) is 8.51. The van der Waals surface area contributed by atoms with E-state index >= 15 is 0 Å². The fourth-order valence-electron chi connectivity index (χ4n) is 3.68. The van der Waals surface area contributed by atoms with E-state index in [-0.39, 0.29) is 24.5 Å². The minimum Gasteiger partial charge on any atom is -0.466 e. The maximum Gasteiger partial charge on any atom is 0.308 e. The Morgan fingerprint density at radius 2 is 1.78 bits per heavy atom. The van der Waals surface area contributed by atoms with E-state index in [4.69, 9.17) is 10.5 Å². The smallest absolute Gasteiger partial charge is 0.308 e. The third-order valence-corrected chi connectivity index (χ3v) is 5.10. The molecule has 0 fully saturated rings. The molecule has 32 heavy (non-hydrogen) atoms. The molecule has 0 spiro atoms. The number of carbonyl (C=O) groups excluding carboxylic acids is 2. The number of pyridine rings is 1. The Bertz CT molecular complexity index is 959. The number of amides is 1. The molecule has 1 amide bonds. The molecule has 2 aromatic rings. The molecule has 0 saturated carbocycles. The van der Waals surface area contributed by atoms with E-state index in [0.29, 0.717) is 17.5 Å². The van der Waals surface area contributed by atoms with Crippen molar-refractivity contribution in [2.24, 2.45) is 11.7 Å². The molecule has 174 valence electrons. The second-order valence-electron chi connectivity index (χ2n) is 8.32. The molecule has 2 rings (SSSR count). The van der Waals surface area contributed by atoms with Gasteiger partial charge in [0.15, 0.2) is 11.6 Å². The van der Waals surface area contributed by atoms with Crippen LogP contribution >= 0.6 is 0 Å². The number of hydrogen-bond donors (Lipinski definition) is 2. The van der Waals surface area contributed by atoms with Crippen LogP contribution in [0, 0.1) is 31.4 Å². The molecule has 0 aliphatic rings. The molecular formula is C24H31F2N3O3. The Labute approximate surface area is 187 Å². The number of nitrogens with zero attached hydrogens (tertiary/aromatic N) is 1. The molecular weight excluding hydrogens is 416 g/mol. The van der Waals surface area contributed by atoms with Gasteiger partial charge in [-0.15, -0.1) is 0 Å². The molecule has 1 aromatic heterocycles. The highest BCUT2D eigenvalue weighted by Crippen LogP contribution is 2.32. The first kappa shape index (κ1) is 25.4. The zero-order chi connectivity index (χ0) is 24.0. The van der Waals surface area contributed by atoms with Gasteiger partial charge >= 0.3 is 5.97 Å². The standard InChI is InChI=1S/C24H31F2N3O3/c1-6-32-21(30)10-20(29-24(31)19(27)7-13(2)3)17-8-16(9-18(25)23(17)26)22-14(4)11-28-12-15(22)5/h8-9,11-13,19-20H,6-7,10,27H2,1-5H3,(H,29,31)/t19-,20-/m0/s1. The number of carbonyl (C=O) groups is 2. The van der Waals surface area contributed by atoms with E-state index < -0.39 is 35.6 Å². The summed E-state index contributed by atoms with van der Waals surface area (Å²) in [4.78, 5) is 28.9. The fraction of sp³-hybridized carbons (Fsp3) is 0.458. The molecule has 0 saturated heterocycles. The van der Waals surface area contributed by atoms with Crippen molar-refractivity contribution >= 4 is 11.9 Å². The monoisotopic (exact) mass is 447 g/mol. The lowest BCUT2D eigenvalue weighted by atomic mass is 9.93. The van der Waals surface area contributed by atoms with E-state index in [1.807, 2.05) is 27.7 Å². The number of benzene rings is 1. The van der Waals surface area contributed by atoms with Gasteiger partial charge in [-0.05, 0) is 67.5 Å². The van der Waals surface area contributed by atoms with E-state index in [0.717, 1.165) is 17.2 Å².